The van der Waals surface area contributed by atoms with Crippen molar-refractivity contribution in [3.8, 4) is 0 Å². The summed E-state index contributed by atoms with van der Waals surface area (Å²) in [4.78, 5) is 41.4. The molecule has 0 fully saturated rings. The second-order valence-corrected chi connectivity index (χ2v) is 7.53. The van der Waals surface area contributed by atoms with Crippen molar-refractivity contribution < 1.29 is 28.6 Å². The van der Waals surface area contributed by atoms with Crippen molar-refractivity contribution in [1.29, 1.82) is 0 Å². The van der Waals surface area contributed by atoms with E-state index < -0.39 is 23.8 Å². The Bertz CT molecular complexity index is 915. The summed E-state index contributed by atoms with van der Waals surface area (Å²) in [7, 11) is 1.27. The highest BCUT2D eigenvalue weighted by Crippen LogP contribution is 2.42. The number of ether oxygens (including phenoxy) is 3. The molecule has 1 aromatic carbocycles. The van der Waals surface area contributed by atoms with Gasteiger partial charge in [-0.3, -0.25) is 14.6 Å². The molecule has 1 heterocycles. The number of hydrogen-bond acceptors (Lipinski definition) is 7. The lowest BCUT2D eigenvalue weighted by molar-refractivity contribution is -0.146. The Balaban J connectivity index is 2.43. The van der Waals surface area contributed by atoms with E-state index in [1.807, 2.05) is 0 Å². The van der Waals surface area contributed by atoms with E-state index in [4.69, 9.17) is 37.4 Å². The van der Waals surface area contributed by atoms with E-state index in [1.165, 1.54) is 7.11 Å². The number of allylic oxidation sites excluding steroid dienone is 1. The average Bonchev–Trinajstić information content (AvgIpc) is 2.78. The molecule has 1 aromatic rings. The maximum atomic E-state index is 13.0. The molecule has 1 unspecified atom stereocenters. The number of rotatable bonds is 10. The number of hydrogen-bond donors (Lipinski definition) is 1. The fourth-order valence-electron chi connectivity index (χ4n) is 3.49. The van der Waals surface area contributed by atoms with Gasteiger partial charge < -0.3 is 19.5 Å². The van der Waals surface area contributed by atoms with Crippen LogP contribution >= 0.6 is 23.2 Å². The van der Waals surface area contributed by atoms with Crippen LogP contribution in [0, 0.1) is 5.92 Å². The Morgan fingerprint density at radius 1 is 1.22 bits per heavy atom. The summed E-state index contributed by atoms with van der Waals surface area (Å²) in [6.45, 7) is 3.94. The van der Waals surface area contributed by atoms with Crippen molar-refractivity contribution in [3.63, 3.8) is 0 Å². The van der Waals surface area contributed by atoms with Crippen LogP contribution in [0.5, 0.6) is 0 Å². The van der Waals surface area contributed by atoms with Crippen LogP contribution in [0.4, 0.5) is 0 Å². The zero-order valence-corrected chi connectivity index (χ0v) is 19.7. The highest BCUT2D eigenvalue weighted by atomic mass is 35.5. The van der Waals surface area contributed by atoms with Gasteiger partial charge in [0.05, 0.1) is 38.2 Å². The number of carbonyl (C=O) groups excluding carboxylic acids is 3. The summed E-state index contributed by atoms with van der Waals surface area (Å²) < 4.78 is 15.9. The first-order valence-electron chi connectivity index (χ1n) is 10.0. The van der Waals surface area contributed by atoms with Crippen molar-refractivity contribution in [2.45, 2.75) is 19.8 Å². The van der Waals surface area contributed by atoms with Gasteiger partial charge in [0.15, 0.2) is 0 Å². The molecule has 10 heteroatoms. The van der Waals surface area contributed by atoms with Crippen LogP contribution in [-0.4, -0.2) is 62.9 Å². The molecule has 32 heavy (non-hydrogen) atoms. The summed E-state index contributed by atoms with van der Waals surface area (Å²) in [5.41, 5.74) is 1.60. The number of aliphatic imine (C=N–C) groups is 1. The lowest BCUT2D eigenvalue weighted by atomic mass is 9.75. The molecule has 1 aliphatic rings. The fourth-order valence-corrected chi connectivity index (χ4v) is 3.84. The number of amides is 1. The van der Waals surface area contributed by atoms with Crippen LogP contribution in [0.3, 0.4) is 0 Å². The number of benzene rings is 1. The first-order chi connectivity index (χ1) is 15.3. The van der Waals surface area contributed by atoms with E-state index in [0.29, 0.717) is 22.0 Å². The first kappa shape index (κ1) is 25.8. The SMILES string of the molecule is CCOC(=O)C1C(COCCNC(=O)CCl)=NC(C)=C(C(=O)OC)[C@H]1c1ccccc1Cl. The van der Waals surface area contributed by atoms with Crippen LogP contribution in [0.1, 0.15) is 25.3 Å². The van der Waals surface area contributed by atoms with Gasteiger partial charge in [-0.25, -0.2) is 4.79 Å². The smallest absolute Gasteiger partial charge is 0.336 e. The predicted octanol–water partition coefficient (Wildman–Crippen LogP) is 2.88. The molecule has 1 N–H and O–H groups in total. The van der Waals surface area contributed by atoms with Gasteiger partial charge >= 0.3 is 11.9 Å². The summed E-state index contributed by atoms with van der Waals surface area (Å²) in [6.07, 6.45) is 0. The lowest BCUT2D eigenvalue weighted by Crippen LogP contribution is -2.40. The van der Waals surface area contributed by atoms with E-state index in [0.717, 1.165) is 0 Å². The molecule has 0 bridgehead atoms. The van der Waals surface area contributed by atoms with Crippen LogP contribution < -0.4 is 5.32 Å². The van der Waals surface area contributed by atoms with Crippen molar-refractivity contribution in [2.24, 2.45) is 10.9 Å². The van der Waals surface area contributed by atoms with Crippen molar-refractivity contribution in [2.75, 3.05) is 39.4 Å². The standard InChI is InChI=1S/C22H26Cl2N2O6/c1-4-32-22(29)20-16(12-31-10-9-25-17(27)11-23)26-13(2)18(21(28)30-3)19(20)14-7-5-6-8-15(14)24/h5-8,19-20H,4,9-12H2,1-3H3,(H,25,27)/t19-,20?/m1/s1. The zero-order valence-electron chi connectivity index (χ0n) is 18.2. The number of esters is 2. The normalized spacial score (nSPS) is 18.1. The van der Waals surface area contributed by atoms with Gasteiger partial charge in [0.2, 0.25) is 5.91 Å². The van der Waals surface area contributed by atoms with Crippen LogP contribution in [0.25, 0.3) is 0 Å². The molecule has 0 spiro atoms. The summed E-state index contributed by atoms with van der Waals surface area (Å²) in [6, 6.07) is 6.97. The molecule has 2 rings (SSSR count). The maximum Gasteiger partial charge on any atom is 0.336 e. The molecule has 0 aliphatic carbocycles. The highest BCUT2D eigenvalue weighted by molar-refractivity contribution is 6.31. The lowest BCUT2D eigenvalue weighted by Gasteiger charge is -2.32. The van der Waals surface area contributed by atoms with Gasteiger partial charge in [-0.1, -0.05) is 29.8 Å². The summed E-state index contributed by atoms with van der Waals surface area (Å²) in [5.74, 6) is -3.31. The summed E-state index contributed by atoms with van der Waals surface area (Å²) >= 11 is 11.9. The second-order valence-electron chi connectivity index (χ2n) is 6.86. The van der Waals surface area contributed by atoms with Gasteiger partial charge in [-0.2, -0.15) is 0 Å². The minimum atomic E-state index is -0.940. The molecule has 0 saturated heterocycles. The molecule has 0 radical (unpaired) electrons. The first-order valence-corrected chi connectivity index (χ1v) is 10.9. The quantitative estimate of drug-likeness (QED) is 0.311. The summed E-state index contributed by atoms with van der Waals surface area (Å²) in [5, 5.41) is 2.98. The number of nitrogens with zero attached hydrogens (tertiary/aromatic N) is 1. The molecular weight excluding hydrogens is 459 g/mol. The zero-order chi connectivity index (χ0) is 23.7. The molecule has 1 aliphatic heterocycles. The number of methoxy groups -OCH3 is 1. The van der Waals surface area contributed by atoms with E-state index in [-0.39, 0.29) is 43.7 Å². The van der Waals surface area contributed by atoms with Crippen LogP contribution in [0.2, 0.25) is 5.02 Å². The van der Waals surface area contributed by atoms with Gasteiger partial charge in [-0.05, 0) is 25.5 Å². The van der Waals surface area contributed by atoms with Crippen molar-refractivity contribution >= 4 is 46.8 Å². The Labute approximate surface area is 196 Å². The molecule has 0 saturated carbocycles. The Morgan fingerprint density at radius 3 is 2.56 bits per heavy atom. The van der Waals surface area contributed by atoms with Crippen molar-refractivity contribution in [1.82, 2.24) is 5.32 Å². The van der Waals surface area contributed by atoms with Gasteiger partial charge in [-0.15, -0.1) is 11.6 Å². The Hall–Kier alpha value is -2.42. The largest absolute Gasteiger partial charge is 0.466 e. The minimum absolute atomic E-state index is 0.00697. The van der Waals surface area contributed by atoms with Crippen LogP contribution in [-0.2, 0) is 28.6 Å². The molecule has 1 amide bonds. The molecular formula is C22H26Cl2N2O6. The Kier molecular flexibility index (Phi) is 10.2. The Morgan fingerprint density at radius 2 is 1.94 bits per heavy atom. The average molecular weight is 485 g/mol. The third-order valence-corrected chi connectivity index (χ3v) is 5.42. The second kappa shape index (κ2) is 12.6. The van der Waals surface area contributed by atoms with E-state index in [1.54, 1.807) is 38.1 Å². The predicted molar refractivity (Wildman–Crippen MR) is 121 cm³/mol. The maximum absolute atomic E-state index is 13.0. The van der Waals surface area contributed by atoms with Crippen LogP contribution in [0.15, 0.2) is 40.5 Å². The monoisotopic (exact) mass is 484 g/mol. The molecule has 0 aromatic heterocycles. The topological polar surface area (TPSA) is 103 Å². The third kappa shape index (κ3) is 6.31. The third-order valence-electron chi connectivity index (χ3n) is 4.83. The van der Waals surface area contributed by atoms with Gasteiger partial charge in [0, 0.05) is 23.2 Å². The molecule has 174 valence electrons. The van der Waals surface area contributed by atoms with E-state index >= 15 is 0 Å². The number of alkyl halides is 1. The van der Waals surface area contributed by atoms with Gasteiger partial charge in [0.1, 0.15) is 11.8 Å². The minimum Gasteiger partial charge on any atom is -0.466 e. The number of nitrogens with one attached hydrogen (secondary N) is 1. The molecule has 8 nitrogen and oxygen atoms in total. The number of carbonyl (C=O) groups is 3. The van der Waals surface area contributed by atoms with Gasteiger partial charge in [0.25, 0.3) is 0 Å². The van der Waals surface area contributed by atoms with E-state index in [9.17, 15) is 14.4 Å². The van der Waals surface area contributed by atoms with E-state index in [2.05, 4.69) is 10.3 Å². The molecule has 2 atom stereocenters. The fraction of sp³-hybridized carbons (Fsp3) is 0.455. The highest BCUT2D eigenvalue weighted by Gasteiger charge is 2.44. The number of halogens is 2. The van der Waals surface area contributed by atoms with Crippen molar-refractivity contribution in [3.05, 3.63) is 46.1 Å².